The smallest absolute Gasteiger partial charge is 0.341 e. The van der Waals surface area contributed by atoms with E-state index in [4.69, 9.17) is 15.3 Å². The summed E-state index contributed by atoms with van der Waals surface area (Å²) in [5.74, 6) is -5.03. The first-order valence-electron chi connectivity index (χ1n) is 11.4. The number of hydrogen-bond donors (Lipinski definition) is 3. The normalized spacial score (nSPS) is 10.9. The highest BCUT2D eigenvalue weighted by Crippen LogP contribution is 2.22. The zero-order valence-corrected chi connectivity index (χ0v) is 22.8. The van der Waals surface area contributed by atoms with Crippen molar-refractivity contribution in [1.29, 1.82) is 0 Å². The molecule has 0 amide bonds. The van der Waals surface area contributed by atoms with Crippen LogP contribution in [0, 0.1) is 16.2 Å². The Hall–Kier alpha value is -3.18. The van der Waals surface area contributed by atoms with Gasteiger partial charge in [-0.2, -0.15) is 0 Å². The molecular formula is C24H42O12. The summed E-state index contributed by atoms with van der Waals surface area (Å²) in [6, 6.07) is 0. The lowest BCUT2D eigenvalue weighted by Crippen LogP contribution is -2.27. The minimum Gasteiger partial charge on any atom is -0.481 e. The number of ether oxygens (including phenoxy) is 3. The van der Waals surface area contributed by atoms with Gasteiger partial charge in [0.05, 0.1) is 16.2 Å². The highest BCUT2D eigenvalue weighted by molar-refractivity contribution is 5.90. The summed E-state index contributed by atoms with van der Waals surface area (Å²) >= 11 is 0. The second kappa shape index (κ2) is 17.3. The molecule has 3 N–H and O–H groups in total. The summed E-state index contributed by atoms with van der Waals surface area (Å²) in [6.45, 7) is 14.7. The SMILES string of the molecule is CCC(C)(C)C(=O)O.CCC(C)(C)C(=O)OCC(=O)O.CCC(C)(C)C(=O)OCOC(=O)CC(=O)O. The molecule has 0 aliphatic rings. The first kappa shape index (κ1) is 37.4. The van der Waals surface area contributed by atoms with Crippen LogP contribution < -0.4 is 0 Å². The molecule has 0 radical (unpaired) electrons. The van der Waals surface area contributed by atoms with Crippen molar-refractivity contribution in [3.05, 3.63) is 0 Å². The minimum atomic E-state index is -1.29. The van der Waals surface area contributed by atoms with Gasteiger partial charge in [-0.15, -0.1) is 0 Å². The monoisotopic (exact) mass is 522 g/mol. The Morgan fingerprint density at radius 1 is 0.583 bits per heavy atom. The van der Waals surface area contributed by atoms with Gasteiger partial charge in [0.1, 0.15) is 6.42 Å². The summed E-state index contributed by atoms with van der Waals surface area (Å²) in [7, 11) is 0. The third-order valence-electron chi connectivity index (χ3n) is 5.37. The van der Waals surface area contributed by atoms with Crippen molar-refractivity contribution in [1.82, 2.24) is 0 Å². The van der Waals surface area contributed by atoms with Gasteiger partial charge in [0.25, 0.3) is 0 Å². The second-order valence-electron chi connectivity index (χ2n) is 9.62. The molecule has 0 aliphatic heterocycles. The molecule has 210 valence electrons. The molecule has 0 aliphatic carbocycles. The van der Waals surface area contributed by atoms with Crippen molar-refractivity contribution in [2.24, 2.45) is 16.2 Å². The van der Waals surface area contributed by atoms with E-state index >= 15 is 0 Å². The maximum atomic E-state index is 11.4. The molecule has 0 bridgehead atoms. The van der Waals surface area contributed by atoms with Crippen molar-refractivity contribution in [3.63, 3.8) is 0 Å². The topological polar surface area (TPSA) is 191 Å². The van der Waals surface area contributed by atoms with Gasteiger partial charge in [-0.25, -0.2) is 4.79 Å². The molecule has 0 aromatic heterocycles. The van der Waals surface area contributed by atoms with E-state index in [-0.39, 0.29) is 0 Å². The second-order valence-corrected chi connectivity index (χ2v) is 9.62. The van der Waals surface area contributed by atoms with Gasteiger partial charge in [-0.1, -0.05) is 20.8 Å². The van der Waals surface area contributed by atoms with Crippen molar-refractivity contribution in [3.8, 4) is 0 Å². The molecule has 12 heteroatoms. The molecule has 0 aromatic carbocycles. The van der Waals surface area contributed by atoms with Crippen LogP contribution >= 0.6 is 0 Å². The quantitative estimate of drug-likeness (QED) is 0.192. The summed E-state index contributed by atoms with van der Waals surface area (Å²) in [5.41, 5.74) is -1.77. The van der Waals surface area contributed by atoms with E-state index in [1.165, 1.54) is 0 Å². The van der Waals surface area contributed by atoms with Crippen molar-refractivity contribution >= 4 is 35.8 Å². The predicted octanol–water partition coefficient (Wildman–Crippen LogP) is 3.50. The van der Waals surface area contributed by atoms with E-state index in [0.717, 1.165) is 0 Å². The van der Waals surface area contributed by atoms with E-state index in [1.807, 2.05) is 20.8 Å². The van der Waals surface area contributed by atoms with Gasteiger partial charge in [0.2, 0.25) is 6.79 Å². The lowest BCUT2D eigenvalue weighted by molar-refractivity contribution is -0.174. The first-order valence-corrected chi connectivity index (χ1v) is 11.4. The fourth-order valence-electron chi connectivity index (χ4n) is 1.28. The standard InChI is InChI=1S/C10H16O6.C8H14O4.C6H12O2/c1-4-10(2,3)9(14)16-6-15-8(13)5-7(11)12;1-4-8(2,3)7(11)12-5-6(9)10;1-4-6(2,3)5(7)8/h4-6H2,1-3H3,(H,11,12);4-5H2,1-3H3,(H,9,10);4H2,1-3H3,(H,7,8). The Labute approximate surface area is 212 Å². The fraction of sp³-hybridized carbons (Fsp3) is 0.750. The Bertz CT molecular complexity index is 750. The number of carboxylic acids is 3. The summed E-state index contributed by atoms with van der Waals surface area (Å²) in [5, 5.41) is 24.9. The van der Waals surface area contributed by atoms with Crippen LogP contribution in [0.25, 0.3) is 0 Å². The molecule has 0 heterocycles. The molecule has 12 nitrogen and oxygen atoms in total. The molecule has 0 fully saturated rings. The van der Waals surface area contributed by atoms with Crippen molar-refractivity contribution in [2.45, 2.75) is 88.0 Å². The predicted molar refractivity (Wildman–Crippen MR) is 128 cm³/mol. The van der Waals surface area contributed by atoms with Gasteiger partial charge in [-0.05, 0) is 60.8 Å². The van der Waals surface area contributed by atoms with E-state index in [0.29, 0.717) is 19.3 Å². The van der Waals surface area contributed by atoms with Crippen LogP contribution in [-0.4, -0.2) is 64.5 Å². The van der Waals surface area contributed by atoms with Crippen LogP contribution in [0.15, 0.2) is 0 Å². The van der Waals surface area contributed by atoms with E-state index in [9.17, 15) is 28.8 Å². The maximum Gasteiger partial charge on any atom is 0.341 e. The van der Waals surface area contributed by atoms with Crippen LogP contribution in [0.2, 0.25) is 0 Å². The van der Waals surface area contributed by atoms with Crippen LogP contribution in [0.1, 0.15) is 88.0 Å². The molecule has 36 heavy (non-hydrogen) atoms. The number of esters is 3. The number of rotatable bonds is 12. The van der Waals surface area contributed by atoms with Crippen LogP contribution in [0.3, 0.4) is 0 Å². The van der Waals surface area contributed by atoms with Crippen LogP contribution in [0.4, 0.5) is 0 Å². The Balaban J connectivity index is -0.000000481. The highest BCUT2D eigenvalue weighted by atomic mass is 16.7. The highest BCUT2D eigenvalue weighted by Gasteiger charge is 2.28. The summed E-state index contributed by atoms with van der Waals surface area (Å²) < 4.78 is 13.6. The minimum absolute atomic E-state index is 0.465. The van der Waals surface area contributed by atoms with Gasteiger partial charge >= 0.3 is 35.8 Å². The largest absolute Gasteiger partial charge is 0.481 e. The molecule has 0 saturated heterocycles. The van der Waals surface area contributed by atoms with Gasteiger partial charge in [0.15, 0.2) is 6.61 Å². The number of aliphatic carboxylic acids is 3. The summed E-state index contributed by atoms with van der Waals surface area (Å²) in [6.07, 6.45) is 1.16. The van der Waals surface area contributed by atoms with E-state index in [1.54, 1.807) is 41.5 Å². The fourth-order valence-corrected chi connectivity index (χ4v) is 1.28. The molecule has 0 aromatic rings. The van der Waals surface area contributed by atoms with E-state index in [2.05, 4.69) is 14.2 Å². The molecule has 0 unspecified atom stereocenters. The van der Waals surface area contributed by atoms with Gasteiger partial charge in [0, 0.05) is 0 Å². The average Bonchev–Trinajstić information content (AvgIpc) is 2.77. The van der Waals surface area contributed by atoms with Crippen LogP contribution in [-0.2, 0) is 43.0 Å². The molecule has 0 spiro atoms. The zero-order valence-electron chi connectivity index (χ0n) is 22.8. The number of hydrogen-bond acceptors (Lipinski definition) is 9. The Morgan fingerprint density at radius 2 is 0.972 bits per heavy atom. The first-order chi connectivity index (χ1) is 16.2. The average molecular weight is 523 g/mol. The van der Waals surface area contributed by atoms with Crippen molar-refractivity contribution < 1.29 is 58.3 Å². The number of carboxylic acid groups (broad SMARTS) is 3. The molecule has 0 atom stereocenters. The molecular weight excluding hydrogens is 480 g/mol. The zero-order chi connectivity index (χ0) is 29.3. The summed E-state index contributed by atoms with van der Waals surface area (Å²) in [4.78, 5) is 63.6. The lowest BCUT2D eigenvalue weighted by Gasteiger charge is -2.19. The van der Waals surface area contributed by atoms with Gasteiger partial charge in [-0.3, -0.25) is 24.0 Å². The molecule has 0 saturated carbocycles. The van der Waals surface area contributed by atoms with Crippen LogP contribution in [0.5, 0.6) is 0 Å². The van der Waals surface area contributed by atoms with Crippen molar-refractivity contribution in [2.75, 3.05) is 13.4 Å². The third-order valence-corrected chi connectivity index (χ3v) is 5.37. The number of carbonyl (C=O) groups is 6. The lowest BCUT2D eigenvalue weighted by atomic mass is 9.91. The Morgan fingerprint density at radius 3 is 1.25 bits per heavy atom. The molecule has 0 rings (SSSR count). The maximum absolute atomic E-state index is 11.4. The third kappa shape index (κ3) is 18.2. The van der Waals surface area contributed by atoms with Gasteiger partial charge < -0.3 is 29.5 Å². The van der Waals surface area contributed by atoms with E-state index < -0.39 is 71.9 Å². The number of carbonyl (C=O) groups excluding carboxylic acids is 3. The Kier molecular flexibility index (Phi) is 17.9.